The van der Waals surface area contributed by atoms with Gasteiger partial charge >= 0.3 is 5.97 Å². The first-order valence-corrected chi connectivity index (χ1v) is 13.3. The van der Waals surface area contributed by atoms with Crippen LogP contribution in [0.2, 0.25) is 5.02 Å². The van der Waals surface area contributed by atoms with Crippen LogP contribution >= 0.6 is 11.6 Å². The third-order valence-corrected chi connectivity index (χ3v) is 7.33. The van der Waals surface area contributed by atoms with E-state index in [1.54, 1.807) is 12.5 Å². The molecule has 39 heavy (non-hydrogen) atoms. The van der Waals surface area contributed by atoms with E-state index >= 15 is 0 Å². The first-order valence-electron chi connectivity index (χ1n) is 12.9. The molecule has 0 N–H and O–H groups in total. The molecule has 2 aliphatic heterocycles. The quantitative estimate of drug-likeness (QED) is 0.182. The SMILES string of the molecule is CC1(C)OC[C@H](ON=Cc2cccc(OC=C3C=CC4=C(C3)CC3C(=O)OCC3=C4c3ccc(Cl)cc3)c2)O1. The molecule has 0 bridgehead atoms. The van der Waals surface area contributed by atoms with Gasteiger partial charge in [-0.2, -0.15) is 0 Å². The molecule has 8 heteroatoms. The molecular formula is C31H28ClNO6. The van der Waals surface area contributed by atoms with E-state index in [9.17, 15) is 4.79 Å². The number of hydrogen-bond donors (Lipinski definition) is 0. The fourth-order valence-electron chi connectivity index (χ4n) is 5.23. The highest BCUT2D eigenvalue weighted by molar-refractivity contribution is 6.30. The van der Waals surface area contributed by atoms with Gasteiger partial charge in [0.2, 0.25) is 0 Å². The van der Waals surface area contributed by atoms with Crippen molar-refractivity contribution in [2.75, 3.05) is 13.2 Å². The fourth-order valence-corrected chi connectivity index (χ4v) is 5.36. The Labute approximate surface area is 232 Å². The van der Waals surface area contributed by atoms with Gasteiger partial charge in [-0.1, -0.05) is 58.7 Å². The minimum absolute atomic E-state index is 0.155. The van der Waals surface area contributed by atoms with Crippen molar-refractivity contribution in [3.8, 4) is 5.75 Å². The maximum absolute atomic E-state index is 12.5. The molecule has 1 unspecified atom stereocenters. The lowest BCUT2D eigenvalue weighted by atomic mass is 9.74. The van der Waals surface area contributed by atoms with E-state index in [2.05, 4.69) is 17.3 Å². The summed E-state index contributed by atoms with van der Waals surface area (Å²) < 4.78 is 22.5. The van der Waals surface area contributed by atoms with Crippen molar-refractivity contribution in [2.45, 2.75) is 38.8 Å². The summed E-state index contributed by atoms with van der Waals surface area (Å²) in [5.41, 5.74) is 7.35. The molecule has 0 aromatic heterocycles. The minimum Gasteiger partial charge on any atom is -0.465 e. The number of nitrogens with zero attached hydrogens (tertiary/aromatic N) is 1. The molecule has 0 saturated carbocycles. The van der Waals surface area contributed by atoms with Gasteiger partial charge in [0.05, 0.1) is 18.4 Å². The van der Waals surface area contributed by atoms with E-state index in [1.807, 2.05) is 62.4 Å². The summed E-state index contributed by atoms with van der Waals surface area (Å²) in [6.45, 7) is 4.32. The molecule has 0 spiro atoms. The normalized spacial score (nSPS) is 24.8. The number of carbonyl (C=O) groups is 1. The largest absolute Gasteiger partial charge is 0.465 e. The Balaban J connectivity index is 1.15. The standard InChI is InChI=1S/C31H28ClNO6/c1-31(2)37-18-28(38-31)39-33-15-19-4-3-5-24(13-19)35-16-20-6-11-25-22(12-20)14-26-27(17-36-30(26)34)29(25)21-7-9-23(32)10-8-21/h3-11,13,15-16,26,28H,12,14,17-18H2,1-2H3/t26?,28-/m0/s1. The van der Waals surface area contributed by atoms with Crippen LogP contribution in [0.5, 0.6) is 5.75 Å². The summed E-state index contributed by atoms with van der Waals surface area (Å²) >= 11 is 6.13. The average molecular weight is 546 g/mol. The number of fused-ring (bicyclic) bond motifs is 1. The van der Waals surface area contributed by atoms with Gasteiger partial charge in [0.15, 0.2) is 5.79 Å². The fraction of sp³-hybridized carbons (Fsp3) is 0.290. The van der Waals surface area contributed by atoms with Crippen LogP contribution in [0.3, 0.4) is 0 Å². The minimum atomic E-state index is -0.667. The van der Waals surface area contributed by atoms with Crippen LogP contribution in [0.1, 0.15) is 37.8 Å². The lowest BCUT2D eigenvalue weighted by Gasteiger charge is -2.28. The number of esters is 1. The summed E-state index contributed by atoms with van der Waals surface area (Å²) in [6.07, 6.45) is 8.35. The van der Waals surface area contributed by atoms with E-state index in [0.29, 0.717) is 36.8 Å². The molecule has 2 aromatic rings. The van der Waals surface area contributed by atoms with E-state index < -0.39 is 12.1 Å². The van der Waals surface area contributed by atoms with E-state index in [4.69, 9.17) is 35.4 Å². The van der Waals surface area contributed by atoms with Crippen molar-refractivity contribution >= 4 is 29.4 Å². The van der Waals surface area contributed by atoms with Crippen LogP contribution < -0.4 is 4.74 Å². The van der Waals surface area contributed by atoms with Crippen molar-refractivity contribution in [1.82, 2.24) is 0 Å². The molecule has 0 radical (unpaired) electrons. The van der Waals surface area contributed by atoms with Gasteiger partial charge < -0.3 is 23.8 Å². The van der Waals surface area contributed by atoms with Gasteiger partial charge in [-0.05, 0) is 84.4 Å². The van der Waals surface area contributed by atoms with E-state index in [0.717, 1.165) is 33.4 Å². The number of halogens is 1. The van der Waals surface area contributed by atoms with Gasteiger partial charge in [-0.15, -0.1) is 0 Å². The number of cyclic esters (lactones) is 1. The van der Waals surface area contributed by atoms with Crippen LogP contribution in [-0.4, -0.2) is 37.5 Å². The lowest BCUT2D eigenvalue weighted by molar-refractivity contribution is -0.190. The highest BCUT2D eigenvalue weighted by Gasteiger charge is 2.40. The summed E-state index contributed by atoms with van der Waals surface area (Å²) in [5.74, 6) is -0.390. The Morgan fingerprint density at radius 2 is 1.97 bits per heavy atom. The number of ether oxygens (including phenoxy) is 4. The molecule has 2 atom stereocenters. The zero-order chi connectivity index (χ0) is 27.0. The monoisotopic (exact) mass is 545 g/mol. The summed E-state index contributed by atoms with van der Waals surface area (Å²) in [4.78, 5) is 17.9. The van der Waals surface area contributed by atoms with Gasteiger partial charge in [0.1, 0.15) is 19.0 Å². The van der Waals surface area contributed by atoms with Crippen molar-refractivity contribution in [2.24, 2.45) is 11.1 Å². The van der Waals surface area contributed by atoms with Crippen molar-refractivity contribution in [3.05, 3.63) is 105 Å². The van der Waals surface area contributed by atoms with Gasteiger partial charge in [0.25, 0.3) is 6.29 Å². The molecule has 2 heterocycles. The van der Waals surface area contributed by atoms with Crippen LogP contribution in [0.15, 0.2) is 94.4 Å². The second kappa shape index (κ2) is 10.5. The van der Waals surface area contributed by atoms with Crippen LogP contribution in [-0.2, 0) is 23.8 Å². The summed E-state index contributed by atoms with van der Waals surface area (Å²) in [7, 11) is 0. The third-order valence-electron chi connectivity index (χ3n) is 7.08. The lowest BCUT2D eigenvalue weighted by Crippen LogP contribution is -2.21. The van der Waals surface area contributed by atoms with Crippen LogP contribution in [0.25, 0.3) is 5.57 Å². The second-order valence-corrected chi connectivity index (χ2v) is 10.7. The van der Waals surface area contributed by atoms with Crippen molar-refractivity contribution in [1.29, 1.82) is 0 Å². The first-order chi connectivity index (χ1) is 18.8. The molecular weight excluding hydrogens is 518 g/mol. The first kappa shape index (κ1) is 25.6. The molecule has 6 rings (SSSR count). The number of oxime groups is 1. The predicted molar refractivity (Wildman–Crippen MR) is 147 cm³/mol. The summed E-state index contributed by atoms with van der Waals surface area (Å²) in [6, 6.07) is 15.3. The highest BCUT2D eigenvalue weighted by Crippen LogP contribution is 2.47. The maximum Gasteiger partial charge on any atom is 0.313 e. The number of carbonyl (C=O) groups excluding carboxylic acids is 1. The smallest absolute Gasteiger partial charge is 0.313 e. The van der Waals surface area contributed by atoms with Crippen LogP contribution in [0, 0.1) is 5.92 Å². The Morgan fingerprint density at radius 1 is 1.13 bits per heavy atom. The molecule has 0 amide bonds. The Hall–Kier alpha value is -3.65. The van der Waals surface area contributed by atoms with Crippen molar-refractivity contribution < 1.29 is 28.6 Å². The van der Waals surface area contributed by atoms with Gasteiger partial charge in [-0.3, -0.25) is 4.79 Å². The molecule has 4 aliphatic rings. The third kappa shape index (κ3) is 5.57. The van der Waals surface area contributed by atoms with Crippen LogP contribution in [0.4, 0.5) is 0 Å². The average Bonchev–Trinajstić information content (AvgIpc) is 3.47. The summed E-state index contributed by atoms with van der Waals surface area (Å²) in [5, 5.41) is 4.70. The van der Waals surface area contributed by atoms with Gasteiger partial charge in [0, 0.05) is 5.02 Å². The van der Waals surface area contributed by atoms with E-state index in [1.165, 1.54) is 5.57 Å². The molecule has 2 aliphatic carbocycles. The Morgan fingerprint density at radius 3 is 2.77 bits per heavy atom. The second-order valence-electron chi connectivity index (χ2n) is 10.3. The Bertz CT molecular complexity index is 1450. The topological polar surface area (TPSA) is 75.6 Å². The Kier molecular flexibility index (Phi) is 6.89. The molecule has 2 fully saturated rings. The number of benzene rings is 2. The highest BCUT2D eigenvalue weighted by atomic mass is 35.5. The van der Waals surface area contributed by atoms with Gasteiger partial charge in [-0.25, -0.2) is 0 Å². The number of allylic oxidation sites excluding steroid dienone is 6. The zero-order valence-corrected chi connectivity index (χ0v) is 22.4. The predicted octanol–water partition coefficient (Wildman–Crippen LogP) is 6.35. The zero-order valence-electron chi connectivity index (χ0n) is 21.7. The van der Waals surface area contributed by atoms with E-state index in [-0.39, 0.29) is 11.9 Å². The maximum atomic E-state index is 12.5. The number of hydrogen-bond acceptors (Lipinski definition) is 7. The molecule has 7 nitrogen and oxygen atoms in total. The van der Waals surface area contributed by atoms with Crippen molar-refractivity contribution in [3.63, 3.8) is 0 Å². The number of rotatable bonds is 6. The molecule has 2 saturated heterocycles. The molecule has 2 aromatic carbocycles. The molecule has 200 valence electrons.